The van der Waals surface area contributed by atoms with E-state index < -0.39 is 9.05 Å². The van der Waals surface area contributed by atoms with E-state index in [9.17, 15) is 8.42 Å². The van der Waals surface area contributed by atoms with Gasteiger partial charge < -0.3 is 4.74 Å². The molecule has 0 heterocycles. The molecule has 1 aromatic carbocycles. The first kappa shape index (κ1) is 18.3. The van der Waals surface area contributed by atoms with Gasteiger partial charge in [0.05, 0.1) is 12.4 Å². The maximum atomic E-state index is 11.3. The Kier molecular flexibility index (Phi) is 6.54. The smallest absolute Gasteiger partial charge is 0.232 e. The Morgan fingerprint density at radius 1 is 1.24 bits per heavy atom. The molecule has 0 bridgehead atoms. The Morgan fingerprint density at radius 2 is 1.86 bits per heavy atom. The van der Waals surface area contributed by atoms with E-state index in [0.29, 0.717) is 6.61 Å². The second-order valence-corrected chi connectivity index (χ2v) is 9.24. The van der Waals surface area contributed by atoms with Gasteiger partial charge in [-0.2, -0.15) is 0 Å². The van der Waals surface area contributed by atoms with E-state index in [4.69, 9.17) is 15.4 Å². The standard InChI is InChI=1S/C16H25ClO3S/c1-5-8-13(12-21(17,18)19)11-20-15-10-7-6-9-14(15)16(2,3)4/h6-7,9-10,13H,5,8,11-12H2,1-4H3. The van der Waals surface area contributed by atoms with Gasteiger partial charge in [-0.15, -0.1) is 0 Å². The molecule has 1 atom stereocenters. The lowest BCUT2D eigenvalue weighted by Gasteiger charge is -2.24. The van der Waals surface area contributed by atoms with Crippen LogP contribution in [0, 0.1) is 5.92 Å². The molecule has 1 unspecified atom stereocenters. The number of hydrogen-bond donors (Lipinski definition) is 0. The molecule has 3 nitrogen and oxygen atoms in total. The summed E-state index contributed by atoms with van der Waals surface area (Å²) in [6.45, 7) is 8.77. The van der Waals surface area contributed by atoms with Gasteiger partial charge >= 0.3 is 0 Å². The highest BCUT2D eigenvalue weighted by atomic mass is 35.7. The van der Waals surface area contributed by atoms with Gasteiger partial charge in [0, 0.05) is 16.6 Å². The van der Waals surface area contributed by atoms with Crippen molar-refractivity contribution < 1.29 is 13.2 Å². The van der Waals surface area contributed by atoms with Gasteiger partial charge in [0.1, 0.15) is 5.75 Å². The second-order valence-electron chi connectivity index (χ2n) is 6.42. The van der Waals surface area contributed by atoms with Crippen molar-refractivity contribution in [3.05, 3.63) is 29.8 Å². The monoisotopic (exact) mass is 332 g/mol. The van der Waals surface area contributed by atoms with Crippen molar-refractivity contribution in [1.29, 1.82) is 0 Å². The minimum absolute atomic E-state index is 0.0184. The summed E-state index contributed by atoms with van der Waals surface area (Å²) in [7, 11) is 1.87. The molecule has 120 valence electrons. The summed E-state index contributed by atoms with van der Waals surface area (Å²) in [5, 5.41) is 0. The first-order chi connectivity index (χ1) is 9.63. The lowest BCUT2D eigenvalue weighted by atomic mass is 9.86. The van der Waals surface area contributed by atoms with Crippen molar-refractivity contribution in [2.24, 2.45) is 5.92 Å². The molecule has 0 amide bonds. The van der Waals surface area contributed by atoms with Gasteiger partial charge in [0.25, 0.3) is 0 Å². The zero-order valence-corrected chi connectivity index (χ0v) is 14.8. The molecule has 0 aromatic heterocycles. The van der Waals surface area contributed by atoms with Gasteiger partial charge in [0.2, 0.25) is 9.05 Å². The average Bonchev–Trinajstić information content (AvgIpc) is 2.34. The molecule has 0 fully saturated rings. The van der Waals surface area contributed by atoms with E-state index >= 15 is 0 Å². The Hall–Kier alpha value is -0.740. The van der Waals surface area contributed by atoms with Gasteiger partial charge in [-0.05, 0) is 23.5 Å². The third-order valence-corrected chi connectivity index (χ3v) is 4.55. The van der Waals surface area contributed by atoms with Crippen LogP contribution in [-0.4, -0.2) is 20.8 Å². The van der Waals surface area contributed by atoms with Crippen LogP contribution in [0.1, 0.15) is 46.1 Å². The third kappa shape index (κ3) is 6.70. The quantitative estimate of drug-likeness (QED) is 0.697. The van der Waals surface area contributed by atoms with E-state index in [-0.39, 0.29) is 17.1 Å². The molecular formula is C16H25ClO3S. The average molecular weight is 333 g/mol. The van der Waals surface area contributed by atoms with Gasteiger partial charge in [-0.3, -0.25) is 0 Å². The summed E-state index contributed by atoms with van der Waals surface area (Å²) in [4.78, 5) is 0. The molecule has 1 aromatic rings. The molecule has 0 saturated heterocycles. The number of para-hydroxylation sites is 1. The maximum absolute atomic E-state index is 11.3. The van der Waals surface area contributed by atoms with Crippen LogP contribution >= 0.6 is 10.7 Å². The number of benzene rings is 1. The summed E-state index contributed by atoms with van der Waals surface area (Å²) in [6.07, 6.45) is 1.69. The molecule has 0 aliphatic rings. The zero-order chi connectivity index (χ0) is 16.1. The summed E-state index contributed by atoms with van der Waals surface area (Å²) in [5.74, 6) is 0.698. The molecule has 0 spiro atoms. The third-order valence-electron chi connectivity index (χ3n) is 3.30. The van der Waals surface area contributed by atoms with Crippen LogP contribution in [0.2, 0.25) is 0 Å². The second kappa shape index (κ2) is 7.50. The lowest BCUT2D eigenvalue weighted by Crippen LogP contribution is -2.21. The van der Waals surface area contributed by atoms with Gasteiger partial charge in [-0.25, -0.2) is 8.42 Å². The number of hydrogen-bond acceptors (Lipinski definition) is 3. The molecule has 21 heavy (non-hydrogen) atoms. The maximum Gasteiger partial charge on any atom is 0.232 e. The summed E-state index contributed by atoms with van der Waals surface area (Å²) in [5.41, 5.74) is 1.10. The highest BCUT2D eigenvalue weighted by Crippen LogP contribution is 2.31. The Bertz CT molecular complexity index is 547. The van der Waals surface area contributed by atoms with Crippen LogP contribution in [0.3, 0.4) is 0 Å². The Morgan fingerprint density at radius 3 is 2.38 bits per heavy atom. The van der Waals surface area contributed by atoms with Crippen molar-refractivity contribution in [2.45, 2.75) is 46.0 Å². The summed E-state index contributed by atoms with van der Waals surface area (Å²) < 4.78 is 28.4. The summed E-state index contributed by atoms with van der Waals surface area (Å²) >= 11 is 0. The highest BCUT2D eigenvalue weighted by Gasteiger charge is 2.21. The van der Waals surface area contributed by atoms with Crippen molar-refractivity contribution in [2.75, 3.05) is 12.4 Å². The summed E-state index contributed by atoms with van der Waals surface area (Å²) in [6, 6.07) is 7.89. The predicted octanol–water partition coefficient (Wildman–Crippen LogP) is 4.35. The molecule has 5 heteroatoms. The normalized spacial score (nSPS) is 14.0. The van der Waals surface area contributed by atoms with E-state index in [0.717, 1.165) is 24.2 Å². The van der Waals surface area contributed by atoms with E-state index in [2.05, 4.69) is 20.8 Å². The fraction of sp³-hybridized carbons (Fsp3) is 0.625. The van der Waals surface area contributed by atoms with Gasteiger partial charge in [0.15, 0.2) is 0 Å². The SMILES string of the molecule is CCCC(COc1ccccc1C(C)(C)C)CS(=O)(=O)Cl. The van der Waals surface area contributed by atoms with Crippen molar-refractivity contribution in [1.82, 2.24) is 0 Å². The molecule has 0 radical (unpaired) electrons. The molecule has 0 aliphatic carbocycles. The van der Waals surface area contributed by atoms with Crippen molar-refractivity contribution >= 4 is 19.7 Å². The fourth-order valence-electron chi connectivity index (χ4n) is 2.32. The van der Waals surface area contributed by atoms with E-state index in [1.54, 1.807) is 0 Å². The molecule has 0 saturated carbocycles. The highest BCUT2D eigenvalue weighted by molar-refractivity contribution is 8.13. The minimum Gasteiger partial charge on any atom is -0.493 e. The molecule has 1 rings (SSSR count). The van der Waals surface area contributed by atoms with Gasteiger partial charge in [-0.1, -0.05) is 52.3 Å². The Balaban J connectivity index is 2.81. The van der Waals surface area contributed by atoms with Crippen LogP contribution in [-0.2, 0) is 14.5 Å². The first-order valence-electron chi connectivity index (χ1n) is 7.28. The molecular weight excluding hydrogens is 308 g/mol. The Labute approximate surface area is 133 Å². The van der Waals surface area contributed by atoms with Crippen LogP contribution in [0.25, 0.3) is 0 Å². The number of halogens is 1. The van der Waals surface area contributed by atoms with Crippen LogP contribution in [0.4, 0.5) is 0 Å². The predicted molar refractivity (Wildman–Crippen MR) is 88.7 cm³/mol. The molecule has 0 N–H and O–H groups in total. The number of ether oxygens (including phenoxy) is 1. The first-order valence-corrected chi connectivity index (χ1v) is 9.76. The van der Waals surface area contributed by atoms with Crippen LogP contribution in [0.15, 0.2) is 24.3 Å². The topological polar surface area (TPSA) is 43.4 Å². The van der Waals surface area contributed by atoms with Crippen LogP contribution < -0.4 is 4.74 Å². The van der Waals surface area contributed by atoms with Crippen LogP contribution in [0.5, 0.6) is 5.75 Å². The fourth-order valence-corrected chi connectivity index (χ4v) is 3.68. The minimum atomic E-state index is -3.50. The van der Waals surface area contributed by atoms with Crippen molar-refractivity contribution in [3.63, 3.8) is 0 Å². The lowest BCUT2D eigenvalue weighted by molar-refractivity contribution is 0.248. The zero-order valence-electron chi connectivity index (χ0n) is 13.2. The van der Waals surface area contributed by atoms with E-state index in [1.165, 1.54) is 0 Å². The largest absolute Gasteiger partial charge is 0.493 e. The molecule has 0 aliphatic heterocycles. The number of rotatable bonds is 7. The van der Waals surface area contributed by atoms with E-state index in [1.807, 2.05) is 31.2 Å². The van der Waals surface area contributed by atoms with Crippen molar-refractivity contribution in [3.8, 4) is 5.75 Å².